The number of ether oxygens (including phenoxy) is 1. The van der Waals surface area contributed by atoms with E-state index in [1.54, 1.807) is 24.3 Å². The van der Waals surface area contributed by atoms with Gasteiger partial charge in [-0.3, -0.25) is 0 Å². The molecule has 0 bridgehead atoms. The highest BCUT2D eigenvalue weighted by Crippen LogP contribution is 2.34. The van der Waals surface area contributed by atoms with E-state index in [-0.39, 0.29) is 17.8 Å². The van der Waals surface area contributed by atoms with Crippen molar-refractivity contribution in [1.29, 1.82) is 0 Å². The first-order valence-corrected chi connectivity index (χ1v) is 8.09. The van der Waals surface area contributed by atoms with Crippen molar-refractivity contribution in [3.63, 3.8) is 0 Å². The minimum Gasteiger partial charge on any atom is -0.507 e. The van der Waals surface area contributed by atoms with Gasteiger partial charge in [0.05, 0.1) is 24.0 Å². The minimum atomic E-state index is -0.794. The van der Waals surface area contributed by atoms with Crippen molar-refractivity contribution < 1.29 is 20.1 Å². The van der Waals surface area contributed by atoms with Crippen LogP contribution in [0.1, 0.15) is 13.8 Å². The molecule has 134 valence electrons. The first-order chi connectivity index (χ1) is 11.8. The number of aromatic hydroxyl groups is 1. The van der Waals surface area contributed by atoms with Gasteiger partial charge < -0.3 is 30.7 Å². The average Bonchev–Trinajstić information content (AvgIpc) is 2.86. The Bertz CT molecular complexity index is 758. The summed E-state index contributed by atoms with van der Waals surface area (Å²) in [6, 6.07) is 6.62. The minimum absolute atomic E-state index is 0.0395. The van der Waals surface area contributed by atoms with Gasteiger partial charge in [0.2, 0.25) is 11.8 Å². The quantitative estimate of drug-likeness (QED) is 0.639. The van der Waals surface area contributed by atoms with Gasteiger partial charge in [0, 0.05) is 30.4 Å². The van der Waals surface area contributed by atoms with E-state index in [2.05, 4.69) is 9.97 Å². The second-order valence-corrected chi connectivity index (χ2v) is 6.36. The molecule has 1 aliphatic rings. The van der Waals surface area contributed by atoms with E-state index in [1.165, 1.54) is 0 Å². The summed E-state index contributed by atoms with van der Waals surface area (Å²) >= 11 is 0. The lowest BCUT2D eigenvalue weighted by Gasteiger charge is -2.19. The largest absolute Gasteiger partial charge is 0.507 e. The van der Waals surface area contributed by atoms with Crippen molar-refractivity contribution in [1.82, 2.24) is 9.97 Å². The Morgan fingerprint density at radius 1 is 1.16 bits per heavy atom. The number of hydrogen-bond donors (Lipinski definition) is 4. The summed E-state index contributed by atoms with van der Waals surface area (Å²) < 4.78 is 5.57. The molecule has 2 atom stereocenters. The number of nitrogens with zero attached hydrogens (tertiary/aromatic N) is 3. The lowest BCUT2D eigenvalue weighted by atomic mass is 10.1. The number of nitrogen functional groups attached to an aromatic ring is 1. The predicted octanol–water partition coefficient (Wildman–Crippen LogP) is 0.760. The van der Waals surface area contributed by atoms with Gasteiger partial charge in [0.1, 0.15) is 5.75 Å². The molecule has 0 aliphatic carbocycles. The molecule has 0 amide bonds. The lowest BCUT2D eigenvalue weighted by Crippen LogP contribution is -2.22. The van der Waals surface area contributed by atoms with Gasteiger partial charge in [-0.15, -0.1) is 0 Å². The maximum Gasteiger partial charge on any atom is 0.223 e. The van der Waals surface area contributed by atoms with Gasteiger partial charge in [-0.1, -0.05) is 0 Å². The first-order valence-electron chi connectivity index (χ1n) is 8.09. The van der Waals surface area contributed by atoms with Crippen LogP contribution >= 0.6 is 0 Å². The molecule has 1 aromatic carbocycles. The average molecular weight is 346 g/mol. The number of rotatable bonds is 4. The molecule has 25 heavy (non-hydrogen) atoms. The van der Waals surface area contributed by atoms with Crippen LogP contribution in [0.3, 0.4) is 0 Å². The summed E-state index contributed by atoms with van der Waals surface area (Å²) in [5, 5.41) is 29.7. The Balaban J connectivity index is 1.97. The van der Waals surface area contributed by atoms with Gasteiger partial charge >= 0.3 is 0 Å². The molecule has 8 heteroatoms. The Morgan fingerprint density at radius 3 is 2.48 bits per heavy atom. The number of nitrogens with two attached hydrogens (primary N) is 1. The molecular formula is C17H22N4O4. The molecule has 1 saturated heterocycles. The summed E-state index contributed by atoms with van der Waals surface area (Å²) in [4.78, 5) is 10.1. The molecule has 1 fully saturated rings. The smallest absolute Gasteiger partial charge is 0.223 e. The van der Waals surface area contributed by atoms with Crippen LogP contribution in [0.25, 0.3) is 11.3 Å². The molecule has 2 heterocycles. The Morgan fingerprint density at radius 2 is 1.84 bits per heavy atom. The fraction of sp³-hybridized carbons (Fsp3) is 0.412. The summed E-state index contributed by atoms with van der Waals surface area (Å²) in [6.45, 7) is 4.39. The molecule has 1 aromatic heterocycles. The molecule has 2 aromatic rings. The third kappa shape index (κ3) is 3.75. The van der Waals surface area contributed by atoms with Crippen LogP contribution < -0.4 is 15.4 Å². The summed E-state index contributed by atoms with van der Waals surface area (Å²) in [6.07, 6.45) is -1.66. The Kier molecular flexibility index (Phi) is 4.65. The third-order valence-corrected chi connectivity index (χ3v) is 3.96. The maximum atomic E-state index is 10.2. The fourth-order valence-electron chi connectivity index (χ4n) is 2.79. The zero-order valence-corrected chi connectivity index (χ0v) is 14.1. The number of hydrogen-bond acceptors (Lipinski definition) is 8. The number of aliphatic hydroxyl groups is 2. The molecule has 1 aliphatic heterocycles. The number of aliphatic hydroxyl groups excluding tert-OH is 2. The first kappa shape index (κ1) is 17.2. The Hall–Kier alpha value is -2.58. The van der Waals surface area contributed by atoms with Crippen LogP contribution in [0.15, 0.2) is 24.3 Å². The molecule has 0 radical (unpaired) electrons. The summed E-state index contributed by atoms with van der Waals surface area (Å²) in [7, 11) is 0. The lowest BCUT2D eigenvalue weighted by molar-refractivity contribution is 0.0572. The topological polar surface area (TPSA) is 125 Å². The van der Waals surface area contributed by atoms with Crippen LogP contribution in [-0.2, 0) is 0 Å². The summed E-state index contributed by atoms with van der Waals surface area (Å²) in [5.74, 6) is 0.414. The van der Waals surface area contributed by atoms with E-state index < -0.39 is 12.2 Å². The SMILES string of the molecule is CC(C)Oc1cc(-c2cc(N3C[C@H](O)[C@@H](O)C3)ccc2O)nc(N)n1. The van der Waals surface area contributed by atoms with Crippen LogP contribution in [-0.4, -0.2) is 56.7 Å². The molecule has 0 saturated carbocycles. The highest BCUT2D eigenvalue weighted by Gasteiger charge is 2.30. The second-order valence-electron chi connectivity index (χ2n) is 6.36. The monoisotopic (exact) mass is 346 g/mol. The number of phenolic OH excluding ortho intramolecular Hbond substituents is 1. The fourth-order valence-corrected chi connectivity index (χ4v) is 2.79. The highest BCUT2D eigenvalue weighted by molar-refractivity contribution is 5.73. The molecule has 3 rings (SSSR count). The number of aromatic nitrogens is 2. The number of phenols is 1. The molecule has 5 N–H and O–H groups in total. The van der Waals surface area contributed by atoms with E-state index in [1.807, 2.05) is 18.7 Å². The van der Waals surface area contributed by atoms with E-state index in [4.69, 9.17) is 10.5 Å². The third-order valence-electron chi connectivity index (χ3n) is 3.96. The molecule has 0 spiro atoms. The standard InChI is InChI=1S/C17H22N4O4/c1-9(2)25-16-6-12(19-17(18)20-16)11-5-10(3-4-13(11)22)21-7-14(23)15(24)8-21/h3-6,9,14-15,22-24H,7-8H2,1-2H3,(H2,18,19,20)/t14-,15-/m0/s1. The van der Waals surface area contributed by atoms with Crippen molar-refractivity contribution in [2.75, 3.05) is 23.7 Å². The molecular weight excluding hydrogens is 324 g/mol. The van der Waals surface area contributed by atoms with E-state index >= 15 is 0 Å². The van der Waals surface area contributed by atoms with Gasteiger partial charge in [-0.05, 0) is 32.0 Å². The highest BCUT2D eigenvalue weighted by atomic mass is 16.5. The van der Waals surface area contributed by atoms with E-state index in [0.29, 0.717) is 30.2 Å². The summed E-state index contributed by atoms with van der Waals surface area (Å²) in [5.41, 5.74) is 7.42. The van der Waals surface area contributed by atoms with Crippen molar-refractivity contribution in [2.45, 2.75) is 32.2 Å². The van der Waals surface area contributed by atoms with Gasteiger partial charge in [0.15, 0.2) is 0 Å². The number of anilines is 2. The van der Waals surface area contributed by atoms with Crippen LogP contribution in [0.5, 0.6) is 11.6 Å². The molecule has 0 unspecified atom stereocenters. The van der Waals surface area contributed by atoms with Crippen LogP contribution in [0.2, 0.25) is 0 Å². The van der Waals surface area contributed by atoms with Crippen LogP contribution in [0.4, 0.5) is 11.6 Å². The molecule has 8 nitrogen and oxygen atoms in total. The van der Waals surface area contributed by atoms with Crippen molar-refractivity contribution in [3.05, 3.63) is 24.3 Å². The van der Waals surface area contributed by atoms with Crippen molar-refractivity contribution >= 4 is 11.6 Å². The van der Waals surface area contributed by atoms with E-state index in [9.17, 15) is 15.3 Å². The zero-order valence-electron chi connectivity index (χ0n) is 14.1. The van der Waals surface area contributed by atoms with Crippen molar-refractivity contribution in [2.24, 2.45) is 0 Å². The van der Waals surface area contributed by atoms with Gasteiger partial charge in [0.25, 0.3) is 0 Å². The van der Waals surface area contributed by atoms with Gasteiger partial charge in [-0.2, -0.15) is 4.98 Å². The van der Waals surface area contributed by atoms with Crippen LogP contribution in [0, 0.1) is 0 Å². The maximum absolute atomic E-state index is 10.2. The van der Waals surface area contributed by atoms with E-state index in [0.717, 1.165) is 5.69 Å². The zero-order chi connectivity index (χ0) is 18.1. The number of β-amino-alcohol motifs (C(OH)–C–C–N with tert-alkyl or cyclic N) is 2. The normalized spacial score (nSPS) is 20.3. The number of benzene rings is 1. The Labute approximate surface area is 145 Å². The van der Waals surface area contributed by atoms with Crippen molar-refractivity contribution in [3.8, 4) is 22.9 Å². The predicted molar refractivity (Wildman–Crippen MR) is 93.5 cm³/mol. The second kappa shape index (κ2) is 6.73. The van der Waals surface area contributed by atoms with Gasteiger partial charge in [-0.25, -0.2) is 4.98 Å².